The third-order valence-corrected chi connectivity index (χ3v) is 4.42. The number of thioether (sulfide) groups is 1. The quantitative estimate of drug-likeness (QED) is 0.822. The molecule has 4 heteroatoms. The van der Waals surface area contributed by atoms with Crippen LogP contribution in [0.3, 0.4) is 0 Å². The normalized spacial score (nSPS) is 10.4. The van der Waals surface area contributed by atoms with E-state index in [4.69, 9.17) is 0 Å². The molecule has 0 spiro atoms. The van der Waals surface area contributed by atoms with Crippen LogP contribution in [0.15, 0.2) is 41.1 Å². The Balaban J connectivity index is 1.62. The summed E-state index contributed by atoms with van der Waals surface area (Å²) in [6.07, 6.45) is 0. The molecule has 2 aromatic rings. The highest BCUT2D eigenvalue weighted by Crippen LogP contribution is 2.12. The average molecular weight is 291 g/mol. The summed E-state index contributed by atoms with van der Waals surface area (Å²) in [5.74, 6) is 1.95. The maximum atomic E-state index is 11.7. The van der Waals surface area contributed by atoms with Crippen LogP contribution in [0.2, 0.25) is 0 Å². The molecule has 0 fully saturated rings. The monoisotopic (exact) mass is 291 g/mol. The van der Waals surface area contributed by atoms with E-state index in [2.05, 4.69) is 36.5 Å². The highest BCUT2D eigenvalue weighted by molar-refractivity contribution is 7.98. The molecular formula is C15H17NOS2. The maximum Gasteiger partial charge on any atom is 0.252 e. The van der Waals surface area contributed by atoms with Crippen molar-refractivity contribution in [3.05, 3.63) is 57.8 Å². The SMILES string of the molecule is Cc1ccc(CSCCNC(=O)c2ccsc2)cc1. The number of thiophene rings is 1. The van der Waals surface area contributed by atoms with Crippen molar-refractivity contribution in [2.24, 2.45) is 0 Å². The van der Waals surface area contributed by atoms with Crippen LogP contribution in [0.1, 0.15) is 21.5 Å². The van der Waals surface area contributed by atoms with Gasteiger partial charge in [0.25, 0.3) is 5.91 Å². The van der Waals surface area contributed by atoms with Crippen molar-refractivity contribution in [1.29, 1.82) is 0 Å². The Bertz CT molecular complexity index is 505. The molecule has 0 aliphatic heterocycles. The van der Waals surface area contributed by atoms with Gasteiger partial charge in [-0.15, -0.1) is 0 Å². The van der Waals surface area contributed by atoms with Crippen LogP contribution >= 0.6 is 23.1 Å². The van der Waals surface area contributed by atoms with Crippen LogP contribution in [0, 0.1) is 6.92 Å². The van der Waals surface area contributed by atoms with Crippen molar-refractivity contribution >= 4 is 29.0 Å². The highest BCUT2D eigenvalue weighted by Gasteiger charge is 2.03. The molecule has 0 atom stereocenters. The molecule has 2 nitrogen and oxygen atoms in total. The van der Waals surface area contributed by atoms with Gasteiger partial charge in [-0.05, 0) is 23.9 Å². The molecular weight excluding hydrogens is 274 g/mol. The molecule has 0 saturated carbocycles. The van der Waals surface area contributed by atoms with Crippen LogP contribution in [-0.2, 0) is 5.75 Å². The van der Waals surface area contributed by atoms with Crippen molar-refractivity contribution in [2.45, 2.75) is 12.7 Å². The van der Waals surface area contributed by atoms with Crippen molar-refractivity contribution in [3.8, 4) is 0 Å². The van der Waals surface area contributed by atoms with Crippen LogP contribution in [-0.4, -0.2) is 18.2 Å². The molecule has 1 aromatic carbocycles. The predicted octanol–water partition coefficient (Wildman–Crippen LogP) is 3.72. The Morgan fingerprint density at radius 2 is 2.05 bits per heavy atom. The Labute approximate surface area is 122 Å². The van der Waals surface area contributed by atoms with Gasteiger partial charge in [0.1, 0.15) is 0 Å². The van der Waals surface area contributed by atoms with Gasteiger partial charge in [-0.3, -0.25) is 4.79 Å². The van der Waals surface area contributed by atoms with E-state index in [1.165, 1.54) is 11.1 Å². The van der Waals surface area contributed by atoms with Crippen molar-refractivity contribution in [2.75, 3.05) is 12.3 Å². The smallest absolute Gasteiger partial charge is 0.252 e. The summed E-state index contributed by atoms with van der Waals surface area (Å²) < 4.78 is 0. The zero-order valence-electron chi connectivity index (χ0n) is 10.9. The predicted molar refractivity (Wildman–Crippen MR) is 84.0 cm³/mol. The minimum Gasteiger partial charge on any atom is -0.351 e. The molecule has 1 amide bonds. The van der Waals surface area contributed by atoms with Gasteiger partial charge in [-0.2, -0.15) is 23.1 Å². The number of carbonyl (C=O) groups is 1. The Morgan fingerprint density at radius 1 is 1.26 bits per heavy atom. The zero-order chi connectivity index (χ0) is 13.5. The number of hydrogen-bond acceptors (Lipinski definition) is 3. The molecule has 0 aliphatic carbocycles. The van der Waals surface area contributed by atoms with Crippen molar-refractivity contribution in [1.82, 2.24) is 5.32 Å². The molecule has 0 radical (unpaired) electrons. The van der Waals surface area contributed by atoms with Gasteiger partial charge < -0.3 is 5.32 Å². The zero-order valence-corrected chi connectivity index (χ0v) is 12.5. The van der Waals surface area contributed by atoms with Gasteiger partial charge in [0.05, 0.1) is 0 Å². The van der Waals surface area contributed by atoms with E-state index < -0.39 is 0 Å². The third kappa shape index (κ3) is 4.73. The summed E-state index contributed by atoms with van der Waals surface area (Å²) in [6.45, 7) is 2.81. The van der Waals surface area contributed by atoms with Gasteiger partial charge in [0.15, 0.2) is 0 Å². The van der Waals surface area contributed by atoms with Crippen LogP contribution in [0.25, 0.3) is 0 Å². The molecule has 1 heterocycles. The molecule has 0 saturated heterocycles. The lowest BCUT2D eigenvalue weighted by atomic mass is 10.2. The van der Waals surface area contributed by atoms with Crippen LogP contribution < -0.4 is 5.32 Å². The maximum absolute atomic E-state index is 11.7. The fourth-order valence-electron chi connectivity index (χ4n) is 1.61. The first-order valence-corrected chi connectivity index (χ1v) is 8.29. The topological polar surface area (TPSA) is 29.1 Å². The molecule has 1 aromatic heterocycles. The molecule has 0 aliphatic rings. The number of nitrogens with one attached hydrogen (secondary N) is 1. The van der Waals surface area contributed by atoms with Gasteiger partial charge >= 0.3 is 0 Å². The fourth-order valence-corrected chi connectivity index (χ4v) is 3.06. The van der Waals surface area contributed by atoms with E-state index in [1.54, 1.807) is 11.3 Å². The summed E-state index contributed by atoms with van der Waals surface area (Å²) in [5.41, 5.74) is 3.38. The summed E-state index contributed by atoms with van der Waals surface area (Å²) in [4.78, 5) is 11.7. The van der Waals surface area contributed by atoms with Gasteiger partial charge in [0.2, 0.25) is 0 Å². The average Bonchev–Trinajstić information content (AvgIpc) is 2.94. The minimum atomic E-state index is 0.0252. The minimum absolute atomic E-state index is 0.0252. The van der Waals surface area contributed by atoms with E-state index in [0.29, 0.717) is 6.54 Å². The summed E-state index contributed by atoms with van der Waals surface area (Å²) in [5, 5.41) is 6.71. The number of rotatable bonds is 6. The molecule has 0 unspecified atom stereocenters. The Morgan fingerprint density at radius 3 is 2.74 bits per heavy atom. The second-order valence-corrected chi connectivity index (χ2v) is 6.19. The number of amides is 1. The van der Waals surface area contributed by atoms with E-state index in [1.807, 2.05) is 28.6 Å². The van der Waals surface area contributed by atoms with Crippen LogP contribution in [0.4, 0.5) is 0 Å². The lowest BCUT2D eigenvalue weighted by Crippen LogP contribution is -2.25. The van der Waals surface area contributed by atoms with E-state index in [-0.39, 0.29) is 5.91 Å². The first-order chi connectivity index (χ1) is 9.25. The third-order valence-electron chi connectivity index (χ3n) is 2.70. The summed E-state index contributed by atoms with van der Waals surface area (Å²) >= 11 is 3.38. The van der Waals surface area contributed by atoms with E-state index >= 15 is 0 Å². The Kier molecular flexibility index (Phi) is 5.48. The highest BCUT2D eigenvalue weighted by atomic mass is 32.2. The van der Waals surface area contributed by atoms with E-state index in [0.717, 1.165) is 17.1 Å². The first-order valence-electron chi connectivity index (χ1n) is 6.19. The lowest BCUT2D eigenvalue weighted by molar-refractivity contribution is 0.0956. The number of benzene rings is 1. The second-order valence-electron chi connectivity index (χ2n) is 4.31. The van der Waals surface area contributed by atoms with Crippen molar-refractivity contribution in [3.63, 3.8) is 0 Å². The van der Waals surface area contributed by atoms with Gasteiger partial charge in [-0.1, -0.05) is 29.8 Å². The lowest BCUT2D eigenvalue weighted by Gasteiger charge is -2.04. The van der Waals surface area contributed by atoms with E-state index in [9.17, 15) is 4.79 Å². The molecule has 2 rings (SSSR count). The summed E-state index contributed by atoms with van der Waals surface area (Å²) in [6, 6.07) is 10.4. The van der Waals surface area contributed by atoms with Gasteiger partial charge in [0, 0.05) is 29.0 Å². The molecule has 0 bridgehead atoms. The Hall–Kier alpha value is -1.26. The van der Waals surface area contributed by atoms with Crippen LogP contribution in [0.5, 0.6) is 0 Å². The first kappa shape index (κ1) is 14.2. The fraction of sp³-hybridized carbons (Fsp3) is 0.267. The number of aryl methyl sites for hydroxylation is 1. The van der Waals surface area contributed by atoms with Gasteiger partial charge in [-0.25, -0.2) is 0 Å². The van der Waals surface area contributed by atoms with Crippen molar-refractivity contribution < 1.29 is 4.79 Å². The molecule has 100 valence electrons. The molecule has 19 heavy (non-hydrogen) atoms. The number of carbonyl (C=O) groups excluding carboxylic acids is 1. The second kappa shape index (κ2) is 7.36. The standard InChI is InChI=1S/C15H17NOS2/c1-12-2-4-13(5-3-12)10-19-9-7-16-15(17)14-6-8-18-11-14/h2-6,8,11H,7,9-10H2,1H3,(H,16,17). The number of hydrogen-bond donors (Lipinski definition) is 1. The summed E-state index contributed by atoms with van der Waals surface area (Å²) in [7, 11) is 0. The molecule has 1 N–H and O–H groups in total. The largest absolute Gasteiger partial charge is 0.351 e.